The maximum absolute atomic E-state index is 10.4. The normalized spacial score (nSPS) is 25.6. The van der Waals surface area contributed by atoms with Crippen LogP contribution >= 0.6 is 0 Å². The molecule has 1 heterocycles. The Bertz CT molecular complexity index is 159. The number of piperidine rings is 1. The molecule has 0 amide bonds. The van der Waals surface area contributed by atoms with E-state index in [1.807, 2.05) is 0 Å². The summed E-state index contributed by atoms with van der Waals surface area (Å²) in [4.78, 5) is 12.8. The molecule has 3 heteroatoms. The minimum absolute atomic E-state index is 0.344. The van der Waals surface area contributed by atoms with Crippen molar-refractivity contribution in [1.82, 2.24) is 4.90 Å². The van der Waals surface area contributed by atoms with Crippen LogP contribution in [-0.4, -0.2) is 35.6 Å². The summed E-state index contributed by atoms with van der Waals surface area (Å²) < 4.78 is 0. The highest BCUT2D eigenvalue weighted by Crippen LogP contribution is 2.18. The molecule has 1 aliphatic heterocycles. The predicted molar refractivity (Wildman–Crippen MR) is 47.1 cm³/mol. The maximum Gasteiger partial charge on any atom is 0.303 e. The summed E-state index contributed by atoms with van der Waals surface area (Å²) in [5.41, 5.74) is 0. The molecule has 1 aliphatic rings. The van der Waals surface area contributed by atoms with E-state index in [2.05, 4.69) is 11.8 Å². The average Bonchev–Trinajstić information content (AvgIpc) is 2.03. The van der Waals surface area contributed by atoms with E-state index in [1.165, 1.54) is 0 Å². The Kier molecular flexibility index (Phi) is 3.53. The van der Waals surface area contributed by atoms with Crippen LogP contribution in [0.4, 0.5) is 0 Å². The predicted octanol–water partition coefficient (Wildman–Crippen LogP) is 1.19. The van der Waals surface area contributed by atoms with Gasteiger partial charge < -0.3 is 10.0 Å². The fourth-order valence-corrected chi connectivity index (χ4v) is 1.85. The van der Waals surface area contributed by atoms with Gasteiger partial charge in [0.1, 0.15) is 0 Å². The molecule has 0 radical (unpaired) electrons. The number of likely N-dealkylation sites (tertiary alicyclic amines) is 1. The van der Waals surface area contributed by atoms with E-state index in [9.17, 15) is 4.79 Å². The van der Waals surface area contributed by atoms with E-state index in [-0.39, 0.29) is 0 Å². The molecule has 0 aliphatic carbocycles. The van der Waals surface area contributed by atoms with Crippen LogP contribution in [0.25, 0.3) is 0 Å². The zero-order chi connectivity index (χ0) is 8.97. The quantitative estimate of drug-likeness (QED) is 0.693. The average molecular weight is 171 g/mol. The second-order valence-electron chi connectivity index (χ2n) is 3.50. The molecule has 12 heavy (non-hydrogen) atoms. The monoisotopic (exact) mass is 171 g/mol. The lowest BCUT2D eigenvalue weighted by Crippen LogP contribution is -2.35. The van der Waals surface area contributed by atoms with Gasteiger partial charge in [-0.2, -0.15) is 0 Å². The van der Waals surface area contributed by atoms with Gasteiger partial charge in [-0.05, 0) is 31.8 Å². The van der Waals surface area contributed by atoms with Crippen LogP contribution < -0.4 is 0 Å². The summed E-state index contributed by atoms with van der Waals surface area (Å²) >= 11 is 0. The van der Waals surface area contributed by atoms with Gasteiger partial charge in [-0.1, -0.05) is 6.92 Å². The van der Waals surface area contributed by atoms with E-state index in [0.29, 0.717) is 12.3 Å². The number of carbonyl (C=O) groups is 1. The molecule has 0 spiro atoms. The first kappa shape index (κ1) is 9.52. The van der Waals surface area contributed by atoms with Gasteiger partial charge in [0.05, 0.1) is 0 Å². The SMILES string of the molecule is CCN1CCC[C@H](CC(=O)O)C1. The van der Waals surface area contributed by atoms with Gasteiger partial charge in [-0.3, -0.25) is 4.79 Å². The lowest BCUT2D eigenvalue weighted by atomic mass is 9.95. The van der Waals surface area contributed by atoms with E-state index in [0.717, 1.165) is 32.5 Å². The van der Waals surface area contributed by atoms with Crippen LogP contribution in [-0.2, 0) is 4.79 Å². The molecule has 70 valence electrons. The molecule has 1 fully saturated rings. The van der Waals surface area contributed by atoms with Crippen molar-refractivity contribution in [2.75, 3.05) is 19.6 Å². The fraction of sp³-hybridized carbons (Fsp3) is 0.889. The van der Waals surface area contributed by atoms with E-state index in [1.54, 1.807) is 0 Å². The maximum atomic E-state index is 10.4. The first-order valence-corrected chi connectivity index (χ1v) is 4.66. The minimum atomic E-state index is -0.655. The molecule has 0 aromatic carbocycles. The van der Waals surface area contributed by atoms with Gasteiger partial charge in [-0.15, -0.1) is 0 Å². The van der Waals surface area contributed by atoms with Crippen molar-refractivity contribution in [3.05, 3.63) is 0 Å². The molecule has 0 bridgehead atoms. The van der Waals surface area contributed by atoms with Crippen LogP contribution in [0.15, 0.2) is 0 Å². The van der Waals surface area contributed by atoms with Gasteiger partial charge in [0.15, 0.2) is 0 Å². The summed E-state index contributed by atoms with van der Waals surface area (Å²) in [6.45, 7) is 5.30. The molecule has 3 nitrogen and oxygen atoms in total. The van der Waals surface area contributed by atoms with Crippen molar-refractivity contribution in [3.63, 3.8) is 0 Å². The lowest BCUT2D eigenvalue weighted by Gasteiger charge is -2.30. The highest BCUT2D eigenvalue weighted by molar-refractivity contribution is 5.67. The van der Waals surface area contributed by atoms with Crippen molar-refractivity contribution in [3.8, 4) is 0 Å². The van der Waals surface area contributed by atoms with Crippen molar-refractivity contribution in [2.24, 2.45) is 5.92 Å². The lowest BCUT2D eigenvalue weighted by molar-refractivity contribution is -0.138. The van der Waals surface area contributed by atoms with Crippen LogP contribution in [0.5, 0.6) is 0 Å². The summed E-state index contributed by atoms with van der Waals surface area (Å²) in [6, 6.07) is 0. The van der Waals surface area contributed by atoms with Gasteiger partial charge in [0.25, 0.3) is 0 Å². The zero-order valence-electron chi connectivity index (χ0n) is 7.62. The summed E-state index contributed by atoms with van der Waals surface area (Å²) in [7, 11) is 0. The third-order valence-electron chi connectivity index (χ3n) is 2.51. The molecule has 1 N–H and O–H groups in total. The standard InChI is InChI=1S/C9H17NO2/c1-2-10-5-3-4-8(7-10)6-9(11)12/h8H,2-7H2,1H3,(H,11,12)/t8-/m1/s1. The van der Waals surface area contributed by atoms with Gasteiger partial charge in [-0.25, -0.2) is 0 Å². The summed E-state index contributed by atoms with van der Waals surface area (Å²) in [5.74, 6) is -0.269. The molecule has 1 saturated heterocycles. The number of aliphatic carboxylic acids is 1. The third-order valence-corrected chi connectivity index (χ3v) is 2.51. The molecule has 1 atom stereocenters. The second kappa shape index (κ2) is 4.45. The smallest absolute Gasteiger partial charge is 0.303 e. The molecule has 1 rings (SSSR count). The molecular formula is C9H17NO2. The molecular weight excluding hydrogens is 154 g/mol. The molecule has 0 unspecified atom stereocenters. The Morgan fingerprint density at radius 2 is 2.42 bits per heavy atom. The van der Waals surface area contributed by atoms with Gasteiger partial charge >= 0.3 is 5.97 Å². The molecule has 0 aromatic heterocycles. The van der Waals surface area contributed by atoms with Crippen LogP contribution in [0, 0.1) is 5.92 Å². The van der Waals surface area contributed by atoms with Crippen LogP contribution in [0.3, 0.4) is 0 Å². The number of hydrogen-bond donors (Lipinski definition) is 1. The highest BCUT2D eigenvalue weighted by Gasteiger charge is 2.20. The first-order valence-electron chi connectivity index (χ1n) is 4.66. The number of nitrogens with zero attached hydrogens (tertiary/aromatic N) is 1. The number of carboxylic acids is 1. The minimum Gasteiger partial charge on any atom is -0.481 e. The van der Waals surface area contributed by atoms with Crippen molar-refractivity contribution in [2.45, 2.75) is 26.2 Å². The largest absolute Gasteiger partial charge is 0.481 e. The first-order chi connectivity index (χ1) is 5.72. The van der Waals surface area contributed by atoms with Crippen molar-refractivity contribution < 1.29 is 9.90 Å². The van der Waals surface area contributed by atoms with Gasteiger partial charge in [0, 0.05) is 13.0 Å². The zero-order valence-corrected chi connectivity index (χ0v) is 7.62. The number of hydrogen-bond acceptors (Lipinski definition) is 2. The van der Waals surface area contributed by atoms with Crippen LogP contribution in [0.1, 0.15) is 26.2 Å². The highest BCUT2D eigenvalue weighted by atomic mass is 16.4. The second-order valence-corrected chi connectivity index (χ2v) is 3.50. The number of rotatable bonds is 3. The summed E-state index contributed by atoms with van der Waals surface area (Å²) in [5, 5.41) is 8.61. The third kappa shape index (κ3) is 2.81. The van der Waals surface area contributed by atoms with Crippen LogP contribution in [0.2, 0.25) is 0 Å². The van der Waals surface area contributed by atoms with E-state index >= 15 is 0 Å². The fourth-order valence-electron chi connectivity index (χ4n) is 1.85. The Hall–Kier alpha value is -0.570. The Morgan fingerprint density at radius 3 is 3.00 bits per heavy atom. The Labute approximate surface area is 73.4 Å². The van der Waals surface area contributed by atoms with Crippen molar-refractivity contribution in [1.29, 1.82) is 0 Å². The van der Waals surface area contributed by atoms with Gasteiger partial charge in [0.2, 0.25) is 0 Å². The van der Waals surface area contributed by atoms with E-state index in [4.69, 9.17) is 5.11 Å². The molecule has 0 saturated carbocycles. The number of carboxylic acid groups (broad SMARTS) is 1. The van der Waals surface area contributed by atoms with E-state index < -0.39 is 5.97 Å². The summed E-state index contributed by atoms with van der Waals surface area (Å²) in [6.07, 6.45) is 2.59. The Morgan fingerprint density at radius 1 is 1.67 bits per heavy atom. The van der Waals surface area contributed by atoms with Crippen molar-refractivity contribution >= 4 is 5.97 Å². The Balaban J connectivity index is 2.30. The topological polar surface area (TPSA) is 40.5 Å². The molecule has 0 aromatic rings.